The first-order chi connectivity index (χ1) is 16.8. The number of halogens is 1. The third kappa shape index (κ3) is 3.09. The zero-order valence-electron chi connectivity index (χ0n) is 24.8. The van der Waals surface area contributed by atoms with Gasteiger partial charge in [-0.15, -0.1) is 0 Å². The molecule has 0 radical (unpaired) electrons. The standard InChI is InChI=1S/C35H42BrN/c1-31(2,3)19-13-22-28-24(15-19)34(9,10)26-17-21(36)18-27-30(26)37(28)29-23(33(22,7)8)14-20(32(4,5)6)16-25(29)35(27,11)12/h13-18H,1-12H3. The molecular formula is C35H42BrN. The molecule has 2 heteroatoms. The van der Waals surface area contributed by atoms with E-state index in [2.05, 4.69) is 140 Å². The van der Waals surface area contributed by atoms with Crippen LogP contribution >= 0.6 is 15.9 Å². The van der Waals surface area contributed by atoms with Gasteiger partial charge in [0.1, 0.15) is 0 Å². The molecule has 194 valence electrons. The molecule has 0 N–H and O–H groups in total. The molecule has 0 unspecified atom stereocenters. The van der Waals surface area contributed by atoms with Gasteiger partial charge in [0.15, 0.2) is 0 Å². The molecule has 3 heterocycles. The molecule has 0 spiro atoms. The number of hydrogen-bond acceptors (Lipinski definition) is 1. The first-order valence-electron chi connectivity index (χ1n) is 13.8. The van der Waals surface area contributed by atoms with Crippen molar-refractivity contribution in [2.24, 2.45) is 0 Å². The molecule has 37 heavy (non-hydrogen) atoms. The average molecular weight is 557 g/mol. The summed E-state index contributed by atoms with van der Waals surface area (Å²) in [5.41, 5.74) is 15.6. The first-order valence-corrected chi connectivity index (χ1v) is 14.6. The predicted molar refractivity (Wildman–Crippen MR) is 163 cm³/mol. The second-order valence-electron chi connectivity index (χ2n) is 15.4. The van der Waals surface area contributed by atoms with Crippen LogP contribution in [0, 0.1) is 0 Å². The summed E-state index contributed by atoms with van der Waals surface area (Å²) >= 11 is 3.93. The monoisotopic (exact) mass is 555 g/mol. The van der Waals surface area contributed by atoms with E-state index < -0.39 is 0 Å². The minimum atomic E-state index is -0.109. The lowest BCUT2D eigenvalue weighted by molar-refractivity contribution is 0.542. The van der Waals surface area contributed by atoms with Crippen molar-refractivity contribution in [1.29, 1.82) is 0 Å². The predicted octanol–water partition coefficient (Wildman–Crippen LogP) is 10.4. The molecule has 3 aromatic rings. The minimum Gasteiger partial charge on any atom is -0.309 e. The van der Waals surface area contributed by atoms with Crippen LogP contribution in [0.15, 0.2) is 40.9 Å². The Labute approximate surface area is 232 Å². The fourth-order valence-electron chi connectivity index (χ4n) is 7.09. The summed E-state index contributed by atoms with van der Waals surface area (Å²) in [6.45, 7) is 28.8. The van der Waals surface area contributed by atoms with Gasteiger partial charge in [0, 0.05) is 20.7 Å². The summed E-state index contributed by atoms with van der Waals surface area (Å²) in [5, 5.41) is 0. The Bertz CT molecular complexity index is 1410. The largest absolute Gasteiger partial charge is 0.309 e. The van der Waals surface area contributed by atoms with E-state index in [9.17, 15) is 0 Å². The summed E-state index contributed by atoms with van der Waals surface area (Å²) in [5.74, 6) is 0. The van der Waals surface area contributed by atoms with Crippen LogP contribution in [0.2, 0.25) is 0 Å². The van der Waals surface area contributed by atoms with E-state index in [1.165, 1.54) is 66.0 Å². The van der Waals surface area contributed by atoms with Crippen molar-refractivity contribution in [2.45, 2.75) is 110 Å². The van der Waals surface area contributed by atoms with Gasteiger partial charge in [-0.3, -0.25) is 0 Å². The molecule has 0 amide bonds. The number of nitrogens with zero attached hydrogens (tertiary/aromatic N) is 1. The Kier molecular flexibility index (Phi) is 4.72. The summed E-state index contributed by atoms with van der Waals surface area (Å²) in [7, 11) is 0. The quantitative estimate of drug-likeness (QED) is 0.266. The second-order valence-corrected chi connectivity index (χ2v) is 16.3. The molecule has 1 nitrogen and oxygen atoms in total. The van der Waals surface area contributed by atoms with Crippen LogP contribution in [0.5, 0.6) is 0 Å². The number of hydrogen-bond donors (Lipinski definition) is 0. The lowest BCUT2D eigenvalue weighted by atomic mass is 9.59. The Hall–Kier alpha value is -2.06. The van der Waals surface area contributed by atoms with Crippen molar-refractivity contribution in [1.82, 2.24) is 0 Å². The van der Waals surface area contributed by atoms with Crippen molar-refractivity contribution >= 4 is 33.0 Å². The molecule has 0 saturated carbocycles. The maximum atomic E-state index is 3.93. The van der Waals surface area contributed by atoms with E-state index in [1.807, 2.05) is 0 Å². The highest BCUT2D eigenvalue weighted by atomic mass is 79.9. The minimum absolute atomic E-state index is 0.0724. The van der Waals surface area contributed by atoms with Gasteiger partial charge in [-0.25, -0.2) is 0 Å². The zero-order chi connectivity index (χ0) is 27.2. The van der Waals surface area contributed by atoms with E-state index in [0.29, 0.717) is 0 Å². The molecule has 3 aliphatic rings. The molecule has 0 atom stereocenters. The lowest BCUT2D eigenvalue weighted by Crippen LogP contribution is -2.44. The third-order valence-electron chi connectivity index (χ3n) is 9.74. The van der Waals surface area contributed by atoms with Gasteiger partial charge >= 0.3 is 0 Å². The second kappa shape index (κ2) is 6.92. The van der Waals surface area contributed by atoms with Crippen molar-refractivity contribution in [3.8, 4) is 0 Å². The molecule has 6 rings (SSSR count). The topological polar surface area (TPSA) is 3.24 Å². The van der Waals surface area contributed by atoms with Gasteiger partial charge < -0.3 is 4.90 Å². The normalized spacial score (nSPS) is 19.5. The van der Waals surface area contributed by atoms with Gasteiger partial charge in [-0.2, -0.15) is 0 Å². The van der Waals surface area contributed by atoms with Gasteiger partial charge in [0.05, 0.1) is 17.1 Å². The molecular weight excluding hydrogens is 514 g/mol. The van der Waals surface area contributed by atoms with Crippen molar-refractivity contribution < 1.29 is 0 Å². The van der Waals surface area contributed by atoms with E-state index in [4.69, 9.17) is 0 Å². The fourth-order valence-corrected chi connectivity index (χ4v) is 7.54. The van der Waals surface area contributed by atoms with Crippen molar-refractivity contribution in [3.63, 3.8) is 0 Å². The third-order valence-corrected chi connectivity index (χ3v) is 10.2. The number of anilines is 3. The Morgan fingerprint density at radius 2 is 0.730 bits per heavy atom. The Morgan fingerprint density at radius 3 is 0.973 bits per heavy atom. The van der Waals surface area contributed by atoms with Crippen LogP contribution in [-0.4, -0.2) is 0 Å². The zero-order valence-corrected chi connectivity index (χ0v) is 26.4. The van der Waals surface area contributed by atoms with Crippen LogP contribution in [0.3, 0.4) is 0 Å². The summed E-state index contributed by atoms with van der Waals surface area (Å²) in [6, 6.07) is 14.9. The summed E-state index contributed by atoms with van der Waals surface area (Å²) < 4.78 is 1.17. The SMILES string of the molecule is CC(C)(C)c1cc2c3c(c1)C(C)(C)c1cc(C(C)(C)C)cc4c1N3c1c(cc(Br)cc1C4(C)C)C2(C)C. The van der Waals surface area contributed by atoms with Crippen LogP contribution in [0.4, 0.5) is 17.1 Å². The van der Waals surface area contributed by atoms with Crippen LogP contribution in [0.1, 0.15) is 128 Å². The molecule has 0 aromatic heterocycles. The fraction of sp³-hybridized carbons (Fsp3) is 0.486. The maximum Gasteiger partial charge on any atom is 0.0544 e. The smallest absolute Gasteiger partial charge is 0.0544 e. The van der Waals surface area contributed by atoms with Crippen molar-refractivity contribution in [2.75, 3.05) is 4.90 Å². The van der Waals surface area contributed by atoms with E-state index in [1.54, 1.807) is 0 Å². The van der Waals surface area contributed by atoms with E-state index in [0.717, 1.165) is 0 Å². The maximum absolute atomic E-state index is 3.93. The van der Waals surface area contributed by atoms with Gasteiger partial charge in [0.2, 0.25) is 0 Å². The molecule has 3 aliphatic heterocycles. The van der Waals surface area contributed by atoms with E-state index >= 15 is 0 Å². The highest BCUT2D eigenvalue weighted by Gasteiger charge is 2.52. The molecule has 0 saturated heterocycles. The summed E-state index contributed by atoms with van der Waals surface area (Å²) in [6.07, 6.45) is 0. The van der Waals surface area contributed by atoms with Gasteiger partial charge in [-0.1, -0.05) is 123 Å². The lowest BCUT2D eigenvalue weighted by Gasteiger charge is -2.55. The Morgan fingerprint density at radius 1 is 0.486 bits per heavy atom. The first kappa shape index (κ1) is 25.2. The van der Waals surface area contributed by atoms with Gasteiger partial charge in [0.25, 0.3) is 0 Å². The summed E-state index contributed by atoms with van der Waals surface area (Å²) in [4.78, 5) is 2.67. The number of rotatable bonds is 0. The highest BCUT2D eigenvalue weighted by Crippen LogP contribution is 2.67. The van der Waals surface area contributed by atoms with Crippen LogP contribution < -0.4 is 4.90 Å². The van der Waals surface area contributed by atoms with Crippen LogP contribution in [0.25, 0.3) is 0 Å². The van der Waals surface area contributed by atoms with E-state index in [-0.39, 0.29) is 27.1 Å². The molecule has 3 aromatic carbocycles. The number of benzene rings is 3. The van der Waals surface area contributed by atoms with Crippen LogP contribution in [-0.2, 0) is 27.1 Å². The molecule has 0 aliphatic carbocycles. The van der Waals surface area contributed by atoms with Crippen molar-refractivity contribution in [3.05, 3.63) is 85.4 Å². The Balaban J connectivity index is 1.87. The molecule has 0 bridgehead atoms. The highest BCUT2D eigenvalue weighted by molar-refractivity contribution is 9.10. The average Bonchev–Trinajstić information content (AvgIpc) is 2.75. The molecule has 0 fully saturated rings. The van der Waals surface area contributed by atoms with Gasteiger partial charge in [-0.05, 0) is 67.5 Å².